The van der Waals surface area contributed by atoms with Gasteiger partial charge in [0.05, 0.1) is 32.2 Å². The highest BCUT2D eigenvalue weighted by Crippen LogP contribution is 2.23. The maximum absolute atomic E-state index is 11.4. The molecule has 0 aromatic carbocycles. The number of unbranched alkanes of at least 4 members (excludes halogenated alkanes) is 4. The van der Waals surface area contributed by atoms with Crippen molar-refractivity contribution in [1.29, 1.82) is 0 Å². The van der Waals surface area contributed by atoms with Gasteiger partial charge in [0.25, 0.3) is 5.91 Å². The van der Waals surface area contributed by atoms with Crippen LogP contribution >= 0.6 is 0 Å². The molecule has 1 saturated heterocycles. The Morgan fingerprint density at radius 1 is 0.943 bits per heavy atom. The lowest BCUT2D eigenvalue weighted by molar-refractivity contribution is -0.929. The topological polar surface area (TPSA) is 113 Å². The van der Waals surface area contributed by atoms with Crippen molar-refractivity contribution in [3.05, 3.63) is 0 Å². The zero-order valence-corrected chi connectivity index (χ0v) is 24.2. The van der Waals surface area contributed by atoms with Crippen LogP contribution < -0.4 is 5.32 Å². The Morgan fingerprint density at radius 3 is 1.57 bits per heavy atom. The lowest BCUT2D eigenvalue weighted by Crippen LogP contribution is -2.70. The van der Waals surface area contributed by atoms with Crippen molar-refractivity contribution in [2.45, 2.75) is 124 Å². The third-order valence-electron chi connectivity index (χ3n) is 6.20. The monoisotopic (exact) mass is 522 g/mol. The Kier molecular flexibility index (Phi) is 15.0. The molecule has 0 saturated carbocycles. The number of nitrogens with zero attached hydrogens (tertiary/aromatic N) is 2. The van der Waals surface area contributed by atoms with E-state index in [9.17, 15) is 18.0 Å². The van der Waals surface area contributed by atoms with Crippen molar-refractivity contribution in [1.82, 2.24) is 9.62 Å². The standard InChI is InChI=1S/C16H36N.C9H16N2O6S/c1-5-9-13-17(14-10-6-2,15-11-7-3)16-12-8-4;1-5-6(7(12)11(5)18(14,15)16)10-8(13)17-9(2,3)4/h5-16H2,1-4H3;5-6H,1-4H3,(H,10,13)(H,14,15,16)/q+1;/t;5-,6-/m.0/s1. The van der Waals surface area contributed by atoms with Crippen molar-refractivity contribution >= 4 is 22.3 Å². The molecule has 0 bridgehead atoms. The fraction of sp³-hybridized carbons (Fsp3) is 0.920. The minimum absolute atomic E-state index is 0.301. The van der Waals surface area contributed by atoms with E-state index in [4.69, 9.17) is 9.29 Å². The van der Waals surface area contributed by atoms with Crippen LogP contribution in [0.15, 0.2) is 0 Å². The number of rotatable bonds is 14. The summed E-state index contributed by atoms with van der Waals surface area (Å²) in [5.74, 6) is -0.893. The second kappa shape index (κ2) is 15.7. The summed E-state index contributed by atoms with van der Waals surface area (Å²) in [6.45, 7) is 21.4. The van der Waals surface area contributed by atoms with Gasteiger partial charge < -0.3 is 14.5 Å². The highest BCUT2D eigenvalue weighted by molar-refractivity contribution is 7.84. The summed E-state index contributed by atoms with van der Waals surface area (Å²) >= 11 is 0. The quantitative estimate of drug-likeness (QED) is 0.190. The second-order valence-electron chi connectivity index (χ2n) is 10.6. The van der Waals surface area contributed by atoms with Crippen molar-refractivity contribution < 1.29 is 31.8 Å². The van der Waals surface area contributed by atoms with Gasteiger partial charge in [0.15, 0.2) is 0 Å². The van der Waals surface area contributed by atoms with E-state index in [0.29, 0.717) is 4.31 Å². The molecule has 0 spiro atoms. The number of carbonyl (C=O) groups is 2. The van der Waals surface area contributed by atoms with Gasteiger partial charge in [-0.15, -0.1) is 0 Å². The van der Waals surface area contributed by atoms with Crippen molar-refractivity contribution in [2.24, 2.45) is 0 Å². The number of carbonyl (C=O) groups excluding carboxylic acids is 2. The molecule has 2 atom stereocenters. The third kappa shape index (κ3) is 12.4. The molecule has 2 N–H and O–H groups in total. The number of alkyl carbamates (subject to hydrolysis) is 1. The molecule has 0 unspecified atom stereocenters. The number of ether oxygens (including phenoxy) is 1. The summed E-state index contributed by atoms with van der Waals surface area (Å²) in [5, 5.41) is 2.25. The summed E-state index contributed by atoms with van der Waals surface area (Å²) in [4.78, 5) is 22.8. The molecule has 208 valence electrons. The predicted octanol–water partition coefficient (Wildman–Crippen LogP) is 4.92. The van der Waals surface area contributed by atoms with E-state index in [-0.39, 0.29) is 0 Å². The van der Waals surface area contributed by atoms with Crippen molar-refractivity contribution in [3.8, 4) is 0 Å². The molecule has 0 aliphatic carbocycles. The number of quaternary nitrogens is 1. The van der Waals surface area contributed by atoms with E-state index >= 15 is 0 Å². The summed E-state index contributed by atoms with van der Waals surface area (Å²) < 4.78 is 37.0. The van der Waals surface area contributed by atoms with Gasteiger partial charge in [-0.1, -0.05) is 53.4 Å². The first-order chi connectivity index (χ1) is 16.2. The average Bonchev–Trinajstić information content (AvgIpc) is 2.75. The fourth-order valence-corrected chi connectivity index (χ4v) is 5.07. The summed E-state index contributed by atoms with van der Waals surface area (Å²) in [7, 11) is -4.58. The van der Waals surface area contributed by atoms with E-state index in [0.717, 1.165) is 0 Å². The maximum atomic E-state index is 11.4. The minimum atomic E-state index is -4.58. The van der Waals surface area contributed by atoms with Crippen LogP contribution in [0, 0.1) is 0 Å². The fourth-order valence-electron chi connectivity index (χ4n) is 4.18. The van der Waals surface area contributed by atoms with Crippen LogP contribution in [0.2, 0.25) is 0 Å². The highest BCUT2D eigenvalue weighted by atomic mass is 32.2. The lowest BCUT2D eigenvalue weighted by Gasteiger charge is -2.42. The zero-order chi connectivity index (χ0) is 27.3. The van der Waals surface area contributed by atoms with Gasteiger partial charge >= 0.3 is 16.4 Å². The van der Waals surface area contributed by atoms with E-state index in [1.165, 1.54) is 89.0 Å². The van der Waals surface area contributed by atoms with Crippen LogP contribution in [0.3, 0.4) is 0 Å². The van der Waals surface area contributed by atoms with E-state index in [2.05, 4.69) is 33.0 Å². The molecule has 0 radical (unpaired) electrons. The molecule has 1 aliphatic heterocycles. The van der Waals surface area contributed by atoms with Crippen molar-refractivity contribution in [2.75, 3.05) is 26.2 Å². The molecular formula is C25H52N3O6S+. The van der Waals surface area contributed by atoms with Crippen LogP contribution in [0.25, 0.3) is 0 Å². The van der Waals surface area contributed by atoms with Crippen LogP contribution in [-0.4, -0.2) is 77.6 Å². The first kappa shape index (κ1) is 33.6. The van der Waals surface area contributed by atoms with Crippen LogP contribution in [-0.2, 0) is 19.8 Å². The molecule has 35 heavy (non-hydrogen) atoms. The van der Waals surface area contributed by atoms with E-state index in [1.807, 2.05) is 0 Å². The second-order valence-corrected chi connectivity index (χ2v) is 11.9. The molecular weight excluding hydrogens is 470 g/mol. The largest absolute Gasteiger partial charge is 0.444 e. The first-order valence-corrected chi connectivity index (χ1v) is 14.7. The Labute approximate surface area is 214 Å². The van der Waals surface area contributed by atoms with Crippen LogP contribution in [0.5, 0.6) is 0 Å². The number of amides is 2. The third-order valence-corrected chi connectivity index (χ3v) is 7.21. The SMILES string of the molecule is CCCC[N+](CCCC)(CCCC)CCCC.C[C@H]1[C@H](NC(=O)OC(C)(C)C)C(=O)N1S(=O)(=O)O. The van der Waals surface area contributed by atoms with E-state index in [1.54, 1.807) is 20.8 Å². The Bertz CT molecular complexity index is 698. The number of hydrogen-bond acceptors (Lipinski definition) is 5. The van der Waals surface area contributed by atoms with Gasteiger partial charge in [-0.2, -0.15) is 8.42 Å². The molecule has 0 aromatic heterocycles. The van der Waals surface area contributed by atoms with Gasteiger partial charge in [0, 0.05) is 0 Å². The van der Waals surface area contributed by atoms with Gasteiger partial charge in [-0.3, -0.25) is 9.35 Å². The van der Waals surface area contributed by atoms with Gasteiger partial charge in [-0.25, -0.2) is 9.10 Å². The summed E-state index contributed by atoms with van der Waals surface area (Å²) in [5.41, 5.74) is -0.719. The first-order valence-electron chi connectivity index (χ1n) is 13.3. The Morgan fingerprint density at radius 2 is 1.31 bits per heavy atom. The van der Waals surface area contributed by atoms with Gasteiger partial charge in [-0.05, 0) is 53.4 Å². The molecule has 1 heterocycles. The average molecular weight is 523 g/mol. The van der Waals surface area contributed by atoms with E-state index < -0.39 is 40.0 Å². The number of hydrogen-bond donors (Lipinski definition) is 2. The molecule has 9 nitrogen and oxygen atoms in total. The van der Waals surface area contributed by atoms with Crippen molar-refractivity contribution in [3.63, 3.8) is 0 Å². The molecule has 1 rings (SSSR count). The minimum Gasteiger partial charge on any atom is -0.444 e. The van der Waals surface area contributed by atoms with Gasteiger partial charge in [0.1, 0.15) is 11.6 Å². The van der Waals surface area contributed by atoms with Crippen LogP contribution in [0.1, 0.15) is 107 Å². The predicted molar refractivity (Wildman–Crippen MR) is 140 cm³/mol. The highest BCUT2D eigenvalue weighted by Gasteiger charge is 2.51. The molecule has 1 fully saturated rings. The molecule has 2 amide bonds. The molecule has 0 aromatic rings. The summed E-state index contributed by atoms with van der Waals surface area (Å²) in [6, 6.07) is -1.86. The molecule has 1 aliphatic rings. The van der Waals surface area contributed by atoms with Crippen LogP contribution in [0.4, 0.5) is 4.79 Å². The smallest absolute Gasteiger partial charge is 0.408 e. The number of nitrogens with one attached hydrogen (secondary N) is 1. The lowest BCUT2D eigenvalue weighted by atomic mass is 10.0. The summed E-state index contributed by atoms with van der Waals surface area (Å²) in [6.07, 6.45) is 10.2. The Balaban J connectivity index is 0.000000662. The normalized spacial score (nSPS) is 18.4. The molecule has 10 heteroatoms. The number of β-lactam (4-membered cyclic amide) rings is 1. The Hall–Kier alpha value is -1.39. The maximum Gasteiger partial charge on any atom is 0.408 e. The zero-order valence-electron chi connectivity index (χ0n) is 23.4. The van der Waals surface area contributed by atoms with Gasteiger partial charge in [0.2, 0.25) is 0 Å².